The molecule has 139 valence electrons. The van der Waals surface area contributed by atoms with E-state index in [1.54, 1.807) is 0 Å². The highest BCUT2D eigenvalue weighted by Crippen LogP contribution is 2.14. The number of hydrogen-bond acceptors (Lipinski definition) is 6. The number of piperazine rings is 1. The van der Waals surface area contributed by atoms with Crippen LogP contribution in [0.1, 0.15) is 15.4 Å². The molecule has 1 aliphatic heterocycles. The lowest BCUT2D eigenvalue weighted by molar-refractivity contribution is 0.0951. The molecule has 1 aliphatic rings. The fraction of sp³-hybridized carbons (Fsp3) is 0.412. The van der Waals surface area contributed by atoms with Crippen molar-refractivity contribution in [3.63, 3.8) is 0 Å². The van der Waals surface area contributed by atoms with E-state index in [1.165, 1.54) is 10.5 Å². The number of ketones is 1. The summed E-state index contributed by atoms with van der Waals surface area (Å²) < 4.78 is 29.6. The molecule has 0 unspecified atom stereocenters. The number of thiazole rings is 1. The third-order valence-corrected chi connectivity index (χ3v) is 6.64. The predicted octanol–water partition coefficient (Wildman–Crippen LogP) is 0.819. The second-order valence-electron chi connectivity index (χ2n) is 6.22. The van der Waals surface area contributed by atoms with E-state index in [9.17, 15) is 13.2 Å². The standard InChI is InChI=1S/C17H21N4O3S2/c1-20-8-10-21(11-9-20)26(23,24)19-15(13-14-5-3-2-4-6-14)16(22)17-18-7-12-25-17/h2-7,15,19H,8-11,13H2,1H3/t15-/m0/s1. The zero-order valence-corrected chi connectivity index (χ0v) is 16.1. The summed E-state index contributed by atoms with van der Waals surface area (Å²) in [5.41, 5.74) is 0.882. The molecular formula is C17H21N4O3S2. The van der Waals surface area contributed by atoms with E-state index in [1.807, 2.05) is 37.4 Å². The van der Waals surface area contributed by atoms with Gasteiger partial charge in [0.15, 0.2) is 5.01 Å². The molecule has 3 rings (SSSR count). The van der Waals surface area contributed by atoms with Crippen molar-refractivity contribution in [3.05, 3.63) is 52.5 Å². The van der Waals surface area contributed by atoms with Crippen LogP contribution in [-0.2, 0) is 16.6 Å². The first-order valence-electron chi connectivity index (χ1n) is 8.31. The molecule has 0 saturated carbocycles. The fourth-order valence-electron chi connectivity index (χ4n) is 2.78. The van der Waals surface area contributed by atoms with Crippen LogP contribution in [0.3, 0.4) is 0 Å². The third kappa shape index (κ3) is 4.74. The van der Waals surface area contributed by atoms with Gasteiger partial charge in [0, 0.05) is 32.4 Å². The number of nitrogens with one attached hydrogen (secondary N) is 1. The van der Waals surface area contributed by atoms with Crippen LogP contribution in [0.4, 0.5) is 0 Å². The van der Waals surface area contributed by atoms with Crippen LogP contribution in [0, 0.1) is 5.38 Å². The van der Waals surface area contributed by atoms with Crippen LogP contribution in [0.15, 0.2) is 36.5 Å². The van der Waals surface area contributed by atoms with E-state index in [-0.39, 0.29) is 17.2 Å². The number of benzene rings is 1. The zero-order chi connectivity index (χ0) is 18.6. The Balaban J connectivity index is 1.79. The van der Waals surface area contributed by atoms with Gasteiger partial charge in [-0.25, -0.2) is 4.98 Å². The number of hydrogen-bond donors (Lipinski definition) is 1. The van der Waals surface area contributed by atoms with Crippen molar-refractivity contribution in [2.45, 2.75) is 12.5 Å². The van der Waals surface area contributed by atoms with Crippen molar-refractivity contribution < 1.29 is 13.2 Å². The zero-order valence-electron chi connectivity index (χ0n) is 14.5. The lowest BCUT2D eigenvalue weighted by Crippen LogP contribution is -2.54. The number of rotatable bonds is 7. The number of carbonyl (C=O) groups excluding carboxylic acids is 1. The van der Waals surface area contributed by atoms with Gasteiger partial charge in [-0.1, -0.05) is 30.3 Å². The number of nitrogens with zero attached hydrogens (tertiary/aromatic N) is 3. The second-order valence-corrected chi connectivity index (χ2v) is 8.74. The molecule has 1 fully saturated rings. The summed E-state index contributed by atoms with van der Waals surface area (Å²) in [5, 5.41) is 3.03. The Bertz CT molecular complexity index is 817. The Hall–Kier alpha value is -1.65. The van der Waals surface area contributed by atoms with Gasteiger partial charge in [-0.3, -0.25) is 4.79 Å². The van der Waals surface area contributed by atoms with Crippen molar-refractivity contribution in [2.24, 2.45) is 0 Å². The van der Waals surface area contributed by atoms with Crippen LogP contribution in [0.25, 0.3) is 0 Å². The maximum Gasteiger partial charge on any atom is 0.280 e. The summed E-state index contributed by atoms with van der Waals surface area (Å²) in [6.07, 6.45) is 1.69. The van der Waals surface area contributed by atoms with Crippen molar-refractivity contribution in [1.82, 2.24) is 18.9 Å². The summed E-state index contributed by atoms with van der Waals surface area (Å²) in [6.45, 7) is 2.14. The quantitative estimate of drug-likeness (QED) is 0.704. The SMILES string of the molecule is CN1CCN(S(=O)(=O)N[C@@H](Cc2ccccc2)C(=O)c2nc[c]s2)CC1. The van der Waals surface area contributed by atoms with E-state index in [2.05, 4.69) is 20.0 Å². The van der Waals surface area contributed by atoms with E-state index in [4.69, 9.17) is 0 Å². The van der Waals surface area contributed by atoms with Gasteiger partial charge in [0.05, 0.1) is 11.4 Å². The van der Waals surface area contributed by atoms with Gasteiger partial charge in [-0.15, -0.1) is 11.3 Å². The van der Waals surface area contributed by atoms with Crippen LogP contribution in [0.2, 0.25) is 0 Å². The van der Waals surface area contributed by atoms with E-state index in [0.717, 1.165) is 16.9 Å². The molecule has 1 atom stereocenters. The van der Waals surface area contributed by atoms with Gasteiger partial charge in [0.2, 0.25) is 5.78 Å². The maximum atomic E-state index is 12.8. The number of carbonyl (C=O) groups is 1. The summed E-state index contributed by atoms with van der Waals surface area (Å²) in [6, 6.07) is 8.45. The van der Waals surface area contributed by atoms with Crippen molar-refractivity contribution in [3.8, 4) is 0 Å². The molecule has 0 bridgehead atoms. The van der Waals surface area contributed by atoms with Gasteiger partial charge >= 0.3 is 0 Å². The first kappa shape index (κ1) is 19.1. The number of Topliss-reactive ketones (excluding diaryl/α,β-unsaturated/α-hetero) is 1. The molecule has 9 heteroatoms. The lowest BCUT2D eigenvalue weighted by Gasteiger charge is -2.32. The maximum absolute atomic E-state index is 12.8. The predicted molar refractivity (Wildman–Crippen MR) is 100 cm³/mol. The van der Waals surface area contributed by atoms with Crippen molar-refractivity contribution in [2.75, 3.05) is 33.2 Å². The Kier molecular flexibility index (Phi) is 6.15. The van der Waals surface area contributed by atoms with Crippen molar-refractivity contribution in [1.29, 1.82) is 0 Å². The van der Waals surface area contributed by atoms with Gasteiger partial charge in [-0.2, -0.15) is 17.4 Å². The molecule has 2 heterocycles. The largest absolute Gasteiger partial charge is 0.304 e. The minimum atomic E-state index is -3.76. The van der Waals surface area contributed by atoms with Crippen molar-refractivity contribution >= 4 is 27.3 Å². The van der Waals surface area contributed by atoms with E-state index >= 15 is 0 Å². The molecule has 26 heavy (non-hydrogen) atoms. The van der Waals surface area contributed by atoms with Gasteiger partial charge in [-0.05, 0) is 19.0 Å². The van der Waals surface area contributed by atoms with Crippen LogP contribution < -0.4 is 4.72 Å². The molecule has 0 spiro atoms. The Morgan fingerprint density at radius 2 is 1.96 bits per heavy atom. The highest BCUT2D eigenvalue weighted by atomic mass is 32.2. The molecule has 1 radical (unpaired) electrons. The fourth-order valence-corrected chi connectivity index (χ4v) is 4.69. The molecule has 7 nitrogen and oxygen atoms in total. The highest BCUT2D eigenvalue weighted by molar-refractivity contribution is 7.87. The first-order chi connectivity index (χ1) is 12.5. The smallest absolute Gasteiger partial charge is 0.280 e. The Morgan fingerprint density at radius 1 is 1.27 bits per heavy atom. The summed E-state index contributed by atoms with van der Waals surface area (Å²) in [4.78, 5) is 18.9. The van der Waals surface area contributed by atoms with Gasteiger partial charge in [0.25, 0.3) is 10.2 Å². The number of likely N-dealkylation sites (N-methyl/N-ethyl adjacent to an activating group) is 1. The summed E-state index contributed by atoms with van der Waals surface area (Å²) in [5.74, 6) is -0.335. The second kappa shape index (κ2) is 8.36. The lowest BCUT2D eigenvalue weighted by atomic mass is 10.0. The molecule has 1 aromatic heterocycles. The third-order valence-electron chi connectivity index (χ3n) is 4.29. The van der Waals surface area contributed by atoms with Gasteiger partial charge in [0.1, 0.15) is 0 Å². The Labute approximate surface area is 157 Å². The average Bonchev–Trinajstić information content (AvgIpc) is 3.16. The summed E-state index contributed by atoms with van der Waals surface area (Å²) in [7, 11) is -1.80. The molecule has 2 aromatic rings. The average molecular weight is 394 g/mol. The van der Waals surface area contributed by atoms with Crippen LogP contribution in [-0.4, -0.2) is 67.7 Å². The van der Waals surface area contributed by atoms with Gasteiger partial charge < -0.3 is 4.90 Å². The molecular weight excluding hydrogens is 372 g/mol. The number of aromatic nitrogens is 1. The van der Waals surface area contributed by atoms with Crippen LogP contribution in [0.5, 0.6) is 0 Å². The monoisotopic (exact) mass is 393 g/mol. The highest BCUT2D eigenvalue weighted by Gasteiger charge is 2.32. The van der Waals surface area contributed by atoms with Crippen LogP contribution >= 0.6 is 11.3 Å². The minimum Gasteiger partial charge on any atom is -0.304 e. The van der Waals surface area contributed by atoms with E-state index in [0.29, 0.717) is 26.2 Å². The van der Waals surface area contributed by atoms with E-state index < -0.39 is 16.3 Å². The molecule has 1 saturated heterocycles. The minimum absolute atomic E-state index is 0.256. The normalized spacial score (nSPS) is 17.9. The molecule has 1 aromatic carbocycles. The molecule has 1 N–H and O–H groups in total. The molecule has 0 aliphatic carbocycles. The molecule has 0 amide bonds. The summed E-state index contributed by atoms with van der Waals surface area (Å²) >= 11 is 1.09. The Morgan fingerprint density at radius 3 is 2.58 bits per heavy atom. The topological polar surface area (TPSA) is 82.6 Å². The first-order valence-corrected chi connectivity index (χ1v) is 10.6.